The van der Waals surface area contributed by atoms with Crippen molar-refractivity contribution in [1.82, 2.24) is 5.43 Å². The van der Waals surface area contributed by atoms with Crippen LogP contribution in [0.3, 0.4) is 0 Å². The molecule has 4 rings (SSSR count). The molecule has 1 aliphatic heterocycles. The molecule has 0 aliphatic carbocycles. The molecule has 3 aromatic rings. The number of carbonyl (C=O) groups excluding carboxylic acids is 1. The summed E-state index contributed by atoms with van der Waals surface area (Å²) in [5, 5.41) is 17.9. The number of hydrogen-bond acceptors (Lipinski definition) is 9. The van der Waals surface area contributed by atoms with Gasteiger partial charge in [0.25, 0.3) is 11.6 Å². The Bertz CT molecular complexity index is 1190. The minimum Gasteiger partial charge on any atom is -0.496 e. The number of anilines is 1. The number of benzene rings is 2. The van der Waals surface area contributed by atoms with Gasteiger partial charge in [-0.15, -0.1) is 0 Å². The van der Waals surface area contributed by atoms with Gasteiger partial charge in [0.05, 0.1) is 30.4 Å². The highest BCUT2D eigenvalue weighted by molar-refractivity contribution is 5.83. The molecule has 1 aliphatic rings. The van der Waals surface area contributed by atoms with Crippen LogP contribution in [0.15, 0.2) is 58.0 Å². The Kier molecular flexibility index (Phi) is 5.88. The van der Waals surface area contributed by atoms with Gasteiger partial charge in [-0.3, -0.25) is 14.9 Å². The monoisotopic (exact) mass is 438 g/mol. The summed E-state index contributed by atoms with van der Waals surface area (Å²) in [6.07, 6.45) is 1.33. The van der Waals surface area contributed by atoms with Gasteiger partial charge in [0, 0.05) is 23.9 Å². The molecule has 11 heteroatoms. The lowest BCUT2D eigenvalue weighted by Gasteiger charge is -2.06. The van der Waals surface area contributed by atoms with Crippen LogP contribution < -0.4 is 25.0 Å². The van der Waals surface area contributed by atoms with Gasteiger partial charge >= 0.3 is 0 Å². The number of nitrogens with one attached hydrogen (secondary N) is 2. The Morgan fingerprint density at radius 2 is 2.03 bits per heavy atom. The van der Waals surface area contributed by atoms with Crippen molar-refractivity contribution in [3.05, 3.63) is 64.4 Å². The summed E-state index contributed by atoms with van der Waals surface area (Å²) in [6.45, 7) is 0.168. The molecule has 0 saturated heterocycles. The Labute approximate surface area is 181 Å². The molecule has 1 amide bonds. The maximum absolute atomic E-state index is 12.0. The molecule has 2 N–H and O–H groups in total. The Morgan fingerprint density at radius 3 is 2.84 bits per heavy atom. The number of non-ortho nitro benzene ring substituents is 1. The fourth-order valence-electron chi connectivity index (χ4n) is 2.97. The van der Waals surface area contributed by atoms with Crippen LogP contribution >= 0.6 is 0 Å². The third-order valence-electron chi connectivity index (χ3n) is 4.49. The topological polar surface area (TPSA) is 137 Å². The van der Waals surface area contributed by atoms with Crippen LogP contribution in [0.2, 0.25) is 0 Å². The molecule has 0 bridgehead atoms. The maximum Gasteiger partial charge on any atom is 0.270 e. The molecule has 32 heavy (non-hydrogen) atoms. The summed E-state index contributed by atoms with van der Waals surface area (Å²) in [5.41, 5.74) is 3.43. The number of amides is 1. The second-order valence-corrected chi connectivity index (χ2v) is 6.56. The summed E-state index contributed by atoms with van der Waals surface area (Å²) >= 11 is 0. The number of nitro groups is 1. The number of hydrogen-bond donors (Lipinski definition) is 2. The highest BCUT2D eigenvalue weighted by atomic mass is 16.7. The van der Waals surface area contributed by atoms with Crippen LogP contribution in [0.25, 0.3) is 11.3 Å². The van der Waals surface area contributed by atoms with Crippen LogP contribution in [-0.2, 0) is 4.79 Å². The van der Waals surface area contributed by atoms with E-state index in [2.05, 4.69) is 15.8 Å². The fourth-order valence-corrected chi connectivity index (χ4v) is 2.97. The zero-order chi connectivity index (χ0) is 22.5. The van der Waals surface area contributed by atoms with Crippen LogP contribution in [-0.4, -0.2) is 37.5 Å². The SMILES string of the molecule is COc1ccc([N+](=O)[O-])cc1-c1ccc(/C=N\NC(=O)CNc2ccc3c(c2)OCO3)o1. The van der Waals surface area contributed by atoms with Gasteiger partial charge in [-0.1, -0.05) is 0 Å². The highest BCUT2D eigenvalue weighted by Crippen LogP contribution is 2.35. The van der Waals surface area contributed by atoms with E-state index < -0.39 is 4.92 Å². The van der Waals surface area contributed by atoms with E-state index in [4.69, 9.17) is 18.6 Å². The molecule has 0 fully saturated rings. The largest absolute Gasteiger partial charge is 0.496 e. The average molecular weight is 438 g/mol. The van der Waals surface area contributed by atoms with Gasteiger partial charge in [-0.25, -0.2) is 5.43 Å². The summed E-state index contributed by atoms with van der Waals surface area (Å²) in [6, 6.07) is 12.7. The number of rotatable bonds is 8. The second-order valence-electron chi connectivity index (χ2n) is 6.56. The first-order valence-electron chi connectivity index (χ1n) is 9.41. The summed E-state index contributed by atoms with van der Waals surface area (Å²) < 4.78 is 21.4. The Morgan fingerprint density at radius 1 is 1.19 bits per heavy atom. The van der Waals surface area contributed by atoms with Crippen LogP contribution in [0, 0.1) is 10.1 Å². The third-order valence-corrected chi connectivity index (χ3v) is 4.49. The van der Waals surface area contributed by atoms with Crippen LogP contribution in [0.1, 0.15) is 5.76 Å². The smallest absolute Gasteiger partial charge is 0.270 e. The molecule has 0 saturated carbocycles. The van der Waals surface area contributed by atoms with E-state index in [9.17, 15) is 14.9 Å². The van der Waals surface area contributed by atoms with Crippen molar-refractivity contribution in [3.63, 3.8) is 0 Å². The molecular formula is C21H18N4O7. The normalized spacial score (nSPS) is 12.0. The van der Waals surface area contributed by atoms with Gasteiger partial charge in [0.2, 0.25) is 6.79 Å². The molecule has 0 spiro atoms. The van der Waals surface area contributed by atoms with Gasteiger partial charge in [0.1, 0.15) is 17.3 Å². The first-order chi connectivity index (χ1) is 15.5. The predicted molar refractivity (Wildman–Crippen MR) is 114 cm³/mol. The first-order valence-corrected chi connectivity index (χ1v) is 9.41. The molecule has 2 aromatic carbocycles. The van der Waals surface area contributed by atoms with Crippen molar-refractivity contribution in [2.24, 2.45) is 5.10 Å². The van der Waals surface area contributed by atoms with Gasteiger partial charge in [0.15, 0.2) is 11.5 Å². The van der Waals surface area contributed by atoms with E-state index in [1.165, 1.54) is 31.5 Å². The quantitative estimate of drug-likeness (QED) is 0.311. The van der Waals surface area contributed by atoms with E-state index in [0.717, 1.165) is 0 Å². The van der Waals surface area contributed by atoms with Crippen molar-refractivity contribution in [2.75, 3.05) is 25.8 Å². The standard InChI is InChI=1S/C21H18N4O7/c1-29-17-6-3-14(25(27)28)9-16(17)18-7-4-15(32-18)10-23-24-21(26)11-22-13-2-5-19-20(8-13)31-12-30-19/h2-10,22H,11-12H2,1H3,(H,24,26)/b23-10-. The lowest BCUT2D eigenvalue weighted by molar-refractivity contribution is -0.384. The molecular weight excluding hydrogens is 420 g/mol. The van der Waals surface area contributed by atoms with E-state index >= 15 is 0 Å². The van der Waals surface area contributed by atoms with Crippen LogP contribution in [0.5, 0.6) is 17.2 Å². The average Bonchev–Trinajstić information content (AvgIpc) is 3.46. The summed E-state index contributed by atoms with van der Waals surface area (Å²) in [4.78, 5) is 22.5. The third kappa shape index (κ3) is 4.61. The molecule has 1 aromatic heterocycles. The zero-order valence-electron chi connectivity index (χ0n) is 16.9. The Hall–Kier alpha value is -4.54. The van der Waals surface area contributed by atoms with E-state index in [1.54, 1.807) is 30.3 Å². The maximum atomic E-state index is 12.0. The van der Waals surface area contributed by atoms with E-state index in [-0.39, 0.29) is 24.9 Å². The number of ether oxygens (including phenoxy) is 3. The lowest BCUT2D eigenvalue weighted by Crippen LogP contribution is -2.25. The Balaban J connectivity index is 1.34. The predicted octanol–water partition coefficient (Wildman–Crippen LogP) is 3.15. The zero-order valence-corrected chi connectivity index (χ0v) is 16.9. The second kappa shape index (κ2) is 9.08. The first kappa shape index (κ1) is 20.7. The minimum absolute atomic E-state index is 0.00866. The number of furan rings is 1. The van der Waals surface area contributed by atoms with E-state index in [1.807, 2.05) is 0 Å². The van der Waals surface area contributed by atoms with Crippen molar-refractivity contribution in [1.29, 1.82) is 0 Å². The number of methoxy groups -OCH3 is 1. The van der Waals surface area contributed by atoms with Crippen LogP contribution in [0.4, 0.5) is 11.4 Å². The van der Waals surface area contributed by atoms with Gasteiger partial charge < -0.3 is 23.9 Å². The highest BCUT2D eigenvalue weighted by Gasteiger charge is 2.16. The molecule has 0 radical (unpaired) electrons. The molecule has 0 unspecified atom stereocenters. The fraction of sp³-hybridized carbons (Fsp3) is 0.143. The summed E-state index contributed by atoms with van der Waals surface area (Å²) in [5.74, 6) is 2.04. The summed E-state index contributed by atoms with van der Waals surface area (Å²) in [7, 11) is 1.46. The van der Waals surface area contributed by atoms with Gasteiger partial charge in [-0.2, -0.15) is 5.10 Å². The number of carbonyl (C=O) groups is 1. The molecule has 2 heterocycles. The number of fused-ring (bicyclic) bond motifs is 1. The molecule has 0 atom stereocenters. The molecule has 11 nitrogen and oxygen atoms in total. The number of hydrazone groups is 1. The van der Waals surface area contributed by atoms with Crippen molar-refractivity contribution in [2.45, 2.75) is 0 Å². The van der Waals surface area contributed by atoms with Crippen molar-refractivity contribution >= 4 is 23.5 Å². The number of nitrogens with zero attached hydrogens (tertiary/aromatic N) is 2. The number of nitro benzene ring substituents is 1. The van der Waals surface area contributed by atoms with Crippen molar-refractivity contribution in [3.8, 4) is 28.6 Å². The minimum atomic E-state index is -0.499. The van der Waals surface area contributed by atoms with Crippen molar-refractivity contribution < 1.29 is 28.3 Å². The lowest BCUT2D eigenvalue weighted by atomic mass is 10.1. The molecule has 164 valence electrons. The van der Waals surface area contributed by atoms with Gasteiger partial charge in [-0.05, 0) is 30.3 Å². The van der Waals surface area contributed by atoms with E-state index in [0.29, 0.717) is 40.0 Å².